The molecule has 1 aliphatic carbocycles. The molecule has 1 saturated carbocycles. The maximum Gasteiger partial charge on any atom is 0.310 e. The summed E-state index contributed by atoms with van der Waals surface area (Å²) in [5, 5.41) is 3.43. The van der Waals surface area contributed by atoms with E-state index in [0.717, 1.165) is 19.0 Å². The molecule has 2 fully saturated rings. The maximum absolute atomic E-state index is 12.0. The summed E-state index contributed by atoms with van der Waals surface area (Å²) in [7, 11) is 1.52. The predicted octanol–water partition coefficient (Wildman–Crippen LogP) is 2.99. The van der Waals surface area contributed by atoms with Crippen molar-refractivity contribution < 1.29 is 9.53 Å². The lowest BCUT2D eigenvalue weighted by atomic mass is 9.71. The number of rotatable bonds is 1. The molecular formula is C16H29NO2. The molecule has 1 saturated heterocycles. The Morgan fingerprint density at radius 2 is 2.00 bits per heavy atom. The van der Waals surface area contributed by atoms with Crippen molar-refractivity contribution in [3.05, 3.63) is 0 Å². The minimum atomic E-state index is -0.0146. The first kappa shape index (κ1) is 14.8. The van der Waals surface area contributed by atoms with Gasteiger partial charge in [-0.2, -0.15) is 0 Å². The second kappa shape index (κ2) is 5.43. The smallest absolute Gasteiger partial charge is 0.310 e. The molecule has 0 radical (unpaired) electrons. The molecule has 2 rings (SSSR count). The van der Waals surface area contributed by atoms with E-state index in [1.165, 1.54) is 39.2 Å². The Balaban J connectivity index is 2.10. The Kier molecular flexibility index (Phi) is 4.24. The topological polar surface area (TPSA) is 38.3 Å². The highest BCUT2D eigenvalue weighted by atomic mass is 16.5. The van der Waals surface area contributed by atoms with Gasteiger partial charge in [-0.05, 0) is 42.4 Å². The van der Waals surface area contributed by atoms with Crippen LogP contribution in [-0.4, -0.2) is 26.2 Å². The number of carbonyl (C=O) groups is 1. The lowest BCUT2D eigenvalue weighted by Crippen LogP contribution is -2.35. The van der Waals surface area contributed by atoms with Gasteiger partial charge < -0.3 is 10.1 Å². The molecule has 0 amide bonds. The van der Waals surface area contributed by atoms with Crippen molar-refractivity contribution in [3.8, 4) is 0 Å². The van der Waals surface area contributed by atoms with Crippen molar-refractivity contribution in [1.82, 2.24) is 5.32 Å². The third kappa shape index (κ3) is 2.96. The Morgan fingerprint density at radius 1 is 1.26 bits per heavy atom. The van der Waals surface area contributed by atoms with E-state index in [9.17, 15) is 4.79 Å². The summed E-state index contributed by atoms with van der Waals surface area (Å²) in [4.78, 5) is 12.0. The van der Waals surface area contributed by atoms with Crippen LogP contribution in [-0.2, 0) is 9.53 Å². The fraction of sp³-hybridized carbons (Fsp3) is 0.938. The van der Waals surface area contributed by atoms with Gasteiger partial charge in [0, 0.05) is 13.1 Å². The predicted molar refractivity (Wildman–Crippen MR) is 76.8 cm³/mol. The zero-order valence-electron chi connectivity index (χ0n) is 12.9. The molecule has 3 unspecified atom stereocenters. The molecule has 1 spiro atoms. The number of hydrogen-bond acceptors (Lipinski definition) is 3. The van der Waals surface area contributed by atoms with Gasteiger partial charge in [0.2, 0.25) is 0 Å². The Bertz CT molecular complexity index is 334. The van der Waals surface area contributed by atoms with Gasteiger partial charge in [-0.1, -0.05) is 27.2 Å². The van der Waals surface area contributed by atoms with Gasteiger partial charge in [-0.15, -0.1) is 0 Å². The highest BCUT2D eigenvalue weighted by molar-refractivity contribution is 5.74. The highest BCUT2D eigenvalue weighted by Gasteiger charge is 2.48. The maximum atomic E-state index is 12.0. The fourth-order valence-corrected chi connectivity index (χ4v) is 4.10. The van der Waals surface area contributed by atoms with E-state index in [2.05, 4.69) is 26.1 Å². The molecule has 110 valence electrons. The van der Waals surface area contributed by atoms with Crippen LogP contribution in [0.15, 0.2) is 0 Å². The average Bonchev–Trinajstić information content (AvgIpc) is 2.60. The van der Waals surface area contributed by atoms with Crippen molar-refractivity contribution in [2.45, 2.75) is 52.9 Å². The van der Waals surface area contributed by atoms with Crippen molar-refractivity contribution in [3.63, 3.8) is 0 Å². The molecule has 0 bridgehead atoms. The third-order valence-electron chi connectivity index (χ3n) is 5.49. The van der Waals surface area contributed by atoms with Crippen molar-refractivity contribution in [2.24, 2.45) is 22.7 Å². The minimum absolute atomic E-state index is 0.0146. The fourth-order valence-electron chi connectivity index (χ4n) is 4.10. The first-order valence-electron chi connectivity index (χ1n) is 7.68. The standard InChI is InChI=1S/C16H29NO2/c1-15(2,3)12-6-5-8-16(9-7-12)11-17-10-13(16)14(18)19-4/h12-13,17H,5-11H2,1-4H3. The molecule has 3 nitrogen and oxygen atoms in total. The third-order valence-corrected chi connectivity index (χ3v) is 5.49. The van der Waals surface area contributed by atoms with Crippen molar-refractivity contribution in [1.29, 1.82) is 0 Å². The SMILES string of the molecule is COC(=O)C1CNCC12CCCC(C(C)(C)C)CC2. The van der Waals surface area contributed by atoms with E-state index in [4.69, 9.17) is 4.74 Å². The van der Waals surface area contributed by atoms with Crippen LogP contribution < -0.4 is 5.32 Å². The van der Waals surface area contributed by atoms with Gasteiger partial charge in [-0.3, -0.25) is 4.79 Å². The summed E-state index contributed by atoms with van der Waals surface area (Å²) in [5.74, 6) is 0.834. The summed E-state index contributed by atoms with van der Waals surface area (Å²) in [5.41, 5.74) is 0.547. The molecular weight excluding hydrogens is 238 g/mol. The van der Waals surface area contributed by atoms with Crippen LogP contribution in [0.3, 0.4) is 0 Å². The summed E-state index contributed by atoms with van der Waals surface area (Å²) in [6.07, 6.45) is 6.14. The second-order valence-corrected chi connectivity index (χ2v) is 7.56. The van der Waals surface area contributed by atoms with E-state index in [-0.39, 0.29) is 17.3 Å². The summed E-state index contributed by atoms with van der Waals surface area (Å²) >= 11 is 0. The van der Waals surface area contributed by atoms with Gasteiger partial charge in [0.25, 0.3) is 0 Å². The number of nitrogens with one attached hydrogen (secondary N) is 1. The average molecular weight is 267 g/mol. The zero-order chi connectivity index (χ0) is 14.1. The first-order valence-corrected chi connectivity index (χ1v) is 7.68. The van der Waals surface area contributed by atoms with E-state index in [0.29, 0.717) is 5.41 Å². The molecule has 19 heavy (non-hydrogen) atoms. The van der Waals surface area contributed by atoms with Crippen LogP contribution in [0.2, 0.25) is 0 Å². The first-order chi connectivity index (χ1) is 8.89. The molecule has 3 atom stereocenters. The van der Waals surface area contributed by atoms with E-state index >= 15 is 0 Å². The number of hydrogen-bond donors (Lipinski definition) is 1. The van der Waals surface area contributed by atoms with Gasteiger partial charge in [0.1, 0.15) is 0 Å². The summed E-state index contributed by atoms with van der Waals surface area (Å²) < 4.78 is 5.02. The lowest BCUT2D eigenvalue weighted by molar-refractivity contribution is -0.148. The number of ether oxygens (including phenoxy) is 1. The quantitative estimate of drug-likeness (QED) is 0.742. The van der Waals surface area contributed by atoms with Crippen molar-refractivity contribution in [2.75, 3.05) is 20.2 Å². The highest BCUT2D eigenvalue weighted by Crippen LogP contribution is 2.48. The molecule has 2 aliphatic rings. The van der Waals surface area contributed by atoms with Crippen LogP contribution in [0.5, 0.6) is 0 Å². The molecule has 0 aromatic rings. The van der Waals surface area contributed by atoms with Gasteiger partial charge >= 0.3 is 5.97 Å². The van der Waals surface area contributed by atoms with Crippen LogP contribution in [0, 0.1) is 22.7 Å². The number of carbonyl (C=O) groups excluding carboxylic acids is 1. The zero-order valence-corrected chi connectivity index (χ0v) is 12.9. The largest absolute Gasteiger partial charge is 0.469 e. The second-order valence-electron chi connectivity index (χ2n) is 7.56. The monoisotopic (exact) mass is 267 g/mol. The van der Waals surface area contributed by atoms with Crippen molar-refractivity contribution >= 4 is 5.97 Å². The Labute approximate surface area is 117 Å². The Morgan fingerprint density at radius 3 is 2.63 bits per heavy atom. The number of esters is 1. The normalized spacial score (nSPS) is 36.2. The van der Waals surface area contributed by atoms with Gasteiger partial charge in [0.05, 0.1) is 13.0 Å². The molecule has 1 heterocycles. The molecule has 1 aliphatic heterocycles. The Hall–Kier alpha value is -0.570. The van der Waals surface area contributed by atoms with Crippen LogP contribution in [0.25, 0.3) is 0 Å². The summed E-state index contributed by atoms with van der Waals surface area (Å²) in [6.45, 7) is 8.83. The van der Waals surface area contributed by atoms with E-state index < -0.39 is 0 Å². The summed E-state index contributed by atoms with van der Waals surface area (Å²) in [6, 6.07) is 0. The minimum Gasteiger partial charge on any atom is -0.469 e. The van der Waals surface area contributed by atoms with Gasteiger partial charge in [0.15, 0.2) is 0 Å². The molecule has 0 aromatic heterocycles. The van der Waals surface area contributed by atoms with Crippen LogP contribution in [0.1, 0.15) is 52.9 Å². The lowest BCUT2D eigenvalue weighted by Gasteiger charge is -2.33. The molecule has 1 N–H and O–H groups in total. The van der Waals surface area contributed by atoms with E-state index in [1.807, 2.05) is 0 Å². The van der Waals surface area contributed by atoms with Crippen LogP contribution in [0.4, 0.5) is 0 Å². The van der Waals surface area contributed by atoms with Gasteiger partial charge in [-0.25, -0.2) is 0 Å². The molecule has 3 heteroatoms. The van der Waals surface area contributed by atoms with E-state index in [1.54, 1.807) is 0 Å². The molecule has 0 aromatic carbocycles. The van der Waals surface area contributed by atoms with Crippen LogP contribution >= 0.6 is 0 Å². The number of methoxy groups -OCH3 is 1.